The molecule has 4 nitrogen and oxygen atoms in total. The monoisotopic (exact) mass is 229 g/mol. The molecule has 2 N–H and O–H groups in total. The Hall–Kier alpha value is -0.610. The molecule has 0 saturated carbocycles. The molecule has 1 aliphatic rings. The highest BCUT2D eigenvalue weighted by Crippen LogP contribution is 2.13. The van der Waals surface area contributed by atoms with E-state index in [0.29, 0.717) is 18.6 Å². The molecule has 1 rings (SSSR count). The fourth-order valence-corrected chi connectivity index (χ4v) is 2.07. The number of unbranched alkanes of at least 4 members (excludes halogenated alkanes) is 2. The van der Waals surface area contributed by atoms with Crippen LogP contribution < -0.4 is 5.32 Å². The van der Waals surface area contributed by atoms with Crippen LogP contribution in [0.25, 0.3) is 0 Å². The predicted molar refractivity (Wildman–Crippen MR) is 62.5 cm³/mol. The Bertz CT molecular complexity index is 208. The molecule has 2 atom stereocenters. The summed E-state index contributed by atoms with van der Waals surface area (Å²) >= 11 is 0. The van der Waals surface area contributed by atoms with E-state index >= 15 is 0 Å². The Morgan fingerprint density at radius 3 is 2.94 bits per heavy atom. The minimum Gasteiger partial charge on any atom is -0.481 e. The Morgan fingerprint density at radius 2 is 2.25 bits per heavy atom. The number of carboxylic acid groups (broad SMARTS) is 1. The Kier molecular flexibility index (Phi) is 6.42. The van der Waals surface area contributed by atoms with Crippen LogP contribution in [0.1, 0.15) is 45.4 Å². The Balaban J connectivity index is 1.92. The van der Waals surface area contributed by atoms with Crippen LogP contribution in [0.5, 0.6) is 0 Å². The predicted octanol–water partition coefficient (Wildman–Crippen LogP) is 1.79. The number of rotatable bonds is 7. The van der Waals surface area contributed by atoms with E-state index in [4.69, 9.17) is 9.84 Å². The summed E-state index contributed by atoms with van der Waals surface area (Å²) in [6.45, 7) is 3.97. The van der Waals surface area contributed by atoms with Crippen LogP contribution in [0.4, 0.5) is 0 Å². The van der Waals surface area contributed by atoms with E-state index in [1.54, 1.807) is 0 Å². The summed E-state index contributed by atoms with van der Waals surface area (Å²) in [5.74, 6) is -0.689. The summed E-state index contributed by atoms with van der Waals surface area (Å²) in [5.41, 5.74) is 0. The number of aliphatic carboxylic acids is 1. The lowest BCUT2D eigenvalue weighted by Crippen LogP contribution is -2.38. The third-order valence-electron chi connectivity index (χ3n) is 2.99. The van der Waals surface area contributed by atoms with E-state index in [1.807, 2.05) is 0 Å². The highest BCUT2D eigenvalue weighted by molar-refractivity contribution is 5.66. The molecule has 0 spiro atoms. The van der Waals surface area contributed by atoms with Gasteiger partial charge in [0.1, 0.15) is 0 Å². The molecule has 4 heteroatoms. The van der Waals surface area contributed by atoms with Crippen molar-refractivity contribution >= 4 is 5.97 Å². The van der Waals surface area contributed by atoms with Gasteiger partial charge >= 0.3 is 5.97 Å². The van der Waals surface area contributed by atoms with E-state index in [0.717, 1.165) is 45.3 Å². The summed E-state index contributed by atoms with van der Waals surface area (Å²) in [6.07, 6.45) is 5.72. The van der Waals surface area contributed by atoms with Crippen molar-refractivity contribution < 1.29 is 14.6 Å². The van der Waals surface area contributed by atoms with Crippen molar-refractivity contribution in [3.05, 3.63) is 0 Å². The molecule has 1 aliphatic heterocycles. The van der Waals surface area contributed by atoms with Gasteiger partial charge in [0, 0.05) is 19.1 Å². The number of carboxylic acids is 1. The molecule has 0 bridgehead atoms. The van der Waals surface area contributed by atoms with Gasteiger partial charge in [0.05, 0.1) is 6.10 Å². The standard InChI is InChI=1S/C12H23NO3/c1-10-9-11(6-8-16-10)13-7-4-2-3-5-12(14)15/h10-11,13H,2-9H2,1H3,(H,14,15). The topological polar surface area (TPSA) is 58.6 Å². The Morgan fingerprint density at radius 1 is 1.44 bits per heavy atom. The van der Waals surface area contributed by atoms with Gasteiger partial charge in [-0.25, -0.2) is 0 Å². The van der Waals surface area contributed by atoms with Gasteiger partial charge in [0.25, 0.3) is 0 Å². The summed E-state index contributed by atoms with van der Waals surface area (Å²) in [4.78, 5) is 10.3. The van der Waals surface area contributed by atoms with E-state index < -0.39 is 5.97 Å². The minimum absolute atomic E-state index is 0.300. The first-order chi connectivity index (χ1) is 7.68. The lowest BCUT2D eigenvalue weighted by atomic mass is 10.0. The third-order valence-corrected chi connectivity index (χ3v) is 2.99. The maximum absolute atomic E-state index is 10.3. The second-order valence-electron chi connectivity index (χ2n) is 4.56. The van der Waals surface area contributed by atoms with E-state index in [1.165, 1.54) is 0 Å². The Labute approximate surface area is 97.4 Å². The average Bonchev–Trinajstić information content (AvgIpc) is 2.23. The van der Waals surface area contributed by atoms with Gasteiger partial charge in [-0.05, 0) is 39.2 Å². The third kappa shape index (κ3) is 6.08. The van der Waals surface area contributed by atoms with E-state index in [-0.39, 0.29) is 0 Å². The lowest BCUT2D eigenvalue weighted by Gasteiger charge is -2.28. The average molecular weight is 229 g/mol. The second kappa shape index (κ2) is 7.63. The molecule has 16 heavy (non-hydrogen) atoms. The number of hydrogen-bond donors (Lipinski definition) is 2. The molecule has 1 heterocycles. The van der Waals surface area contributed by atoms with Crippen LogP contribution in [0, 0.1) is 0 Å². The summed E-state index contributed by atoms with van der Waals surface area (Å²) < 4.78 is 5.47. The van der Waals surface area contributed by atoms with Gasteiger partial charge < -0.3 is 15.2 Å². The largest absolute Gasteiger partial charge is 0.481 e. The van der Waals surface area contributed by atoms with Gasteiger partial charge in [-0.2, -0.15) is 0 Å². The molecule has 0 aromatic carbocycles. The summed E-state index contributed by atoms with van der Waals surface area (Å²) in [5, 5.41) is 12.0. The molecule has 0 aromatic heterocycles. The molecule has 1 fully saturated rings. The molecule has 94 valence electrons. The second-order valence-corrected chi connectivity index (χ2v) is 4.56. The molecular formula is C12H23NO3. The summed E-state index contributed by atoms with van der Waals surface area (Å²) in [6, 6.07) is 0.586. The summed E-state index contributed by atoms with van der Waals surface area (Å²) in [7, 11) is 0. The number of nitrogens with one attached hydrogen (secondary N) is 1. The van der Waals surface area contributed by atoms with Gasteiger partial charge in [-0.15, -0.1) is 0 Å². The van der Waals surface area contributed by atoms with Gasteiger partial charge in [0.2, 0.25) is 0 Å². The molecule has 0 aliphatic carbocycles. The smallest absolute Gasteiger partial charge is 0.303 e. The maximum Gasteiger partial charge on any atom is 0.303 e. The maximum atomic E-state index is 10.3. The molecule has 1 saturated heterocycles. The SMILES string of the molecule is CC1CC(NCCCCCC(=O)O)CCO1. The zero-order valence-electron chi connectivity index (χ0n) is 10.1. The molecular weight excluding hydrogens is 206 g/mol. The number of hydrogen-bond acceptors (Lipinski definition) is 3. The van der Waals surface area contributed by atoms with Crippen LogP contribution in [0.3, 0.4) is 0 Å². The highest BCUT2D eigenvalue weighted by Gasteiger charge is 2.17. The van der Waals surface area contributed by atoms with Crippen molar-refractivity contribution in [2.24, 2.45) is 0 Å². The van der Waals surface area contributed by atoms with Crippen LogP contribution in [-0.2, 0) is 9.53 Å². The van der Waals surface area contributed by atoms with Crippen molar-refractivity contribution in [2.45, 2.75) is 57.6 Å². The van der Waals surface area contributed by atoms with Crippen LogP contribution >= 0.6 is 0 Å². The van der Waals surface area contributed by atoms with Crippen LogP contribution in [-0.4, -0.2) is 36.4 Å². The molecule has 2 unspecified atom stereocenters. The normalized spacial score (nSPS) is 25.6. The van der Waals surface area contributed by atoms with Crippen LogP contribution in [0.15, 0.2) is 0 Å². The van der Waals surface area contributed by atoms with Crippen LogP contribution in [0.2, 0.25) is 0 Å². The molecule has 0 amide bonds. The van der Waals surface area contributed by atoms with Crippen molar-refractivity contribution in [3.8, 4) is 0 Å². The van der Waals surface area contributed by atoms with Crippen molar-refractivity contribution in [3.63, 3.8) is 0 Å². The number of ether oxygens (including phenoxy) is 1. The number of carbonyl (C=O) groups is 1. The van der Waals surface area contributed by atoms with E-state index in [2.05, 4.69) is 12.2 Å². The first-order valence-electron chi connectivity index (χ1n) is 6.25. The molecule has 0 radical (unpaired) electrons. The first kappa shape index (κ1) is 13.5. The quantitative estimate of drug-likeness (QED) is 0.653. The van der Waals surface area contributed by atoms with E-state index in [9.17, 15) is 4.79 Å². The highest BCUT2D eigenvalue weighted by atomic mass is 16.5. The van der Waals surface area contributed by atoms with Gasteiger partial charge in [0.15, 0.2) is 0 Å². The first-order valence-corrected chi connectivity index (χ1v) is 6.25. The van der Waals surface area contributed by atoms with Gasteiger partial charge in [-0.3, -0.25) is 4.79 Å². The zero-order valence-corrected chi connectivity index (χ0v) is 10.1. The van der Waals surface area contributed by atoms with Crippen molar-refractivity contribution in [2.75, 3.05) is 13.2 Å². The fraction of sp³-hybridized carbons (Fsp3) is 0.917. The fourth-order valence-electron chi connectivity index (χ4n) is 2.07. The van der Waals surface area contributed by atoms with Gasteiger partial charge in [-0.1, -0.05) is 6.42 Å². The zero-order chi connectivity index (χ0) is 11.8. The lowest BCUT2D eigenvalue weighted by molar-refractivity contribution is -0.137. The van der Waals surface area contributed by atoms with Crippen molar-refractivity contribution in [1.29, 1.82) is 0 Å². The molecule has 0 aromatic rings. The van der Waals surface area contributed by atoms with Crippen molar-refractivity contribution in [1.82, 2.24) is 5.32 Å². The minimum atomic E-state index is -0.689.